The quantitative estimate of drug-likeness (QED) is 0.0492. The van der Waals surface area contributed by atoms with Gasteiger partial charge in [0.15, 0.2) is 23.0 Å². The molecule has 0 unspecified atom stereocenters. The molecule has 0 radical (unpaired) electrons. The maximum Gasteiger partial charge on any atom is 0.261 e. The van der Waals surface area contributed by atoms with Crippen molar-refractivity contribution in [3.8, 4) is 23.0 Å². The van der Waals surface area contributed by atoms with Crippen molar-refractivity contribution in [1.82, 2.24) is 0 Å². The van der Waals surface area contributed by atoms with Crippen LogP contribution < -0.4 is 39.0 Å². The Morgan fingerprint density at radius 3 is 2.03 bits per heavy atom. The van der Waals surface area contributed by atoms with Gasteiger partial charge in [-0.1, -0.05) is 64.9 Å². The van der Waals surface area contributed by atoms with Gasteiger partial charge in [0.25, 0.3) is 11.8 Å². The summed E-state index contributed by atoms with van der Waals surface area (Å²) in [4.78, 5) is 39.3. The summed E-state index contributed by atoms with van der Waals surface area (Å²) in [7, 11) is 8.55. The maximum atomic E-state index is 14.2. The van der Waals surface area contributed by atoms with Gasteiger partial charge < -0.3 is 48.3 Å². The summed E-state index contributed by atoms with van der Waals surface area (Å²) in [6, 6.07) is 29.5. The summed E-state index contributed by atoms with van der Waals surface area (Å²) in [5.74, 6) is 2.67. The lowest BCUT2D eigenvalue weighted by molar-refractivity contribution is 0.0264. The van der Waals surface area contributed by atoms with Gasteiger partial charge in [-0.15, -0.1) is 0 Å². The van der Waals surface area contributed by atoms with Crippen LogP contribution in [-0.2, 0) is 40.3 Å². The number of anilines is 4. The second kappa shape index (κ2) is 22.7. The number of fused-ring (bicyclic) bond motifs is 8. The van der Waals surface area contributed by atoms with Gasteiger partial charge in [0.05, 0.1) is 81.8 Å². The molecule has 14 nitrogen and oxygen atoms in total. The molecular formula is C55H63N5O9S2. The molecule has 2 atom stereocenters. The van der Waals surface area contributed by atoms with E-state index in [2.05, 4.69) is 61.3 Å². The van der Waals surface area contributed by atoms with Gasteiger partial charge in [-0.3, -0.25) is 19.5 Å². The molecular weight excluding hydrogens is 939 g/mol. The molecule has 0 aromatic heterocycles. The van der Waals surface area contributed by atoms with Crippen molar-refractivity contribution in [2.45, 2.75) is 63.7 Å². The van der Waals surface area contributed by atoms with Crippen LogP contribution >= 0.6 is 21.6 Å². The van der Waals surface area contributed by atoms with Crippen molar-refractivity contribution in [2.24, 2.45) is 4.99 Å². The van der Waals surface area contributed by atoms with Gasteiger partial charge in [-0.25, -0.2) is 0 Å². The zero-order chi connectivity index (χ0) is 49.5. The zero-order valence-electron chi connectivity index (χ0n) is 41.4. The van der Waals surface area contributed by atoms with Gasteiger partial charge in [0, 0.05) is 79.1 Å². The second-order valence-electron chi connectivity index (χ2n) is 18.4. The molecule has 1 N–H and O–H groups in total. The summed E-state index contributed by atoms with van der Waals surface area (Å²) >= 11 is 0. The van der Waals surface area contributed by atoms with E-state index >= 15 is 0 Å². The van der Waals surface area contributed by atoms with Crippen molar-refractivity contribution in [3.05, 3.63) is 124 Å². The summed E-state index contributed by atoms with van der Waals surface area (Å²) in [5, 5.41) is 3.55. The number of nitrogens with zero attached hydrogens (tertiary/aromatic N) is 4. The number of aliphatic imine (C=N–C) groups is 1. The van der Waals surface area contributed by atoms with Gasteiger partial charge >= 0.3 is 0 Å². The fraction of sp³-hybridized carbons (Fsp3) is 0.400. The monoisotopic (exact) mass is 1000 g/mol. The molecule has 4 heterocycles. The number of amides is 2. The van der Waals surface area contributed by atoms with Gasteiger partial charge in [-0.05, 0) is 85.0 Å². The summed E-state index contributed by atoms with van der Waals surface area (Å²) in [5.41, 5.74) is 9.11. The second-order valence-corrected chi connectivity index (χ2v) is 21.7. The number of carbonyl (C=O) groups excluding carboxylic acids is 2. The van der Waals surface area contributed by atoms with E-state index in [9.17, 15) is 9.59 Å². The predicted molar refractivity (Wildman–Crippen MR) is 285 cm³/mol. The fourth-order valence-electron chi connectivity index (χ4n) is 9.66. The van der Waals surface area contributed by atoms with Crippen LogP contribution in [0.2, 0.25) is 0 Å². The van der Waals surface area contributed by atoms with E-state index in [0.29, 0.717) is 98.0 Å². The SMILES string of the molecule is CCSSC(C)(C)CN(CCOCCOCCOC)c1cc(COc2cc3c(cc2OC)C(=O)N2c4ccccc4C[C@H]2C=N3)cc(COc2cc3c(cc2OC)C(=O)N2c4ccccc4C[C@H]2CN3)c1. The first kappa shape index (κ1) is 50.0. The highest BCUT2D eigenvalue weighted by Crippen LogP contribution is 2.44. The van der Waals surface area contributed by atoms with Crippen molar-refractivity contribution in [1.29, 1.82) is 0 Å². The first-order valence-corrected chi connectivity index (χ1v) is 26.5. The molecule has 16 heteroatoms. The number of nitrogens with one attached hydrogen (secondary N) is 1. The van der Waals surface area contributed by atoms with Crippen LogP contribution in [0.25, 0.3) is 0 Å². The van der Waals surface area contributed by atoms with Crippen molar-refractivity contribution in [2.75, 3.05) is 99.8 Å². The van der Waals surface area contributed by atoms with Crippen LogP contribution in [0.15, 0.2) is 96.0 Å². The molecule has 4 aliphatic rings. The van der Waals surface area contributed by atoms with E-state index in [-0.39, 0.29) is 41.9 Å². The molecule has 2 amide bonds. The molecule has 0 aliphatic carbocycles. The third-order valence-corrected chi connectivity index (χ3v) is 16.3. The first-order chi connectivity index (χ1) is 34.6. The zero-order valence-corrected chi connectivity index (χ0v) is 43.0. The lowest BCUT2D eigenvalue weighted by atomic mass is 10.1. The summed E-state index contributed by atoms with van der Waals surface area (Å²) in [6.07, 6.45) is 3.34. The van der Waals surface area contributed by atoms with Crippen LogP contribution in [0.3, 0.4) is 0 Å². The highest BCUT2D eigenvalue weighted by Gasteiger charge is 2.39. The minimum atomic E-state index is -0.182. The Labute approximate surface area is 424 Å². The number of benzene rings is 5. The smallest absolute Gasteiger partial charge is 0.261 e. The molecule has 0 saturated carbocycles. The van der Waals surface area contributed by atoms with Gasteiger partial charge in [0.1, 0.15) is 13.2 Å². The van der Waals surface area contributed by atoms with Crippen LogP contribution in [0.1, 0.15) is 63.7 Å². The number of hydrogen-bond acceptors (Lipinski definition) is 14. The average Bonchev–Trinajstić information content (AvgIpc) is 3.87. The molecule has 71 heavy (non-hydrogen) atoms. The van der Waals surface area contributed by atoms with Crippen LogP contribution in [0.4, 0.5) is 28.4 Å². The fourth-order valence-corrected chi connectivity index (χ4v) is 11.8. The molecule has 9 rings (SSSR count). The lowest BCUT2D eigenvalue weighted by Crippen LogP contribution is -2.39. The Kier molecular flexibility index (Phi) is 16.0. The topological polar surface area (TPSA) is 133 Å². The number of hydrogen-bond donors (Lipinski definition) is 1. The van der Waals surface area contributed by atoms with E-state index in [1.165, 1.54) is 5.56 Å². The predicted octanol–water partition coefficient (Wildman–Crippen LogP) is 9.81. The molecule has 374 valence electrons. The van der Waals surface area contributed by atoms with Crippen molar-refractivity contribution < 1.29 is 42.7 Å². The molecule has 0 saturated heterocycles. The number of para-hydroxylation sites is 2. The van der Waals surface area contributed by atoms with Gasteiger partial charge in [0.2, 0.25) is 0 Å². The normalized spacial score (nSPS) is 16.5. The maximum absolute atomic E-state index is 14.2. The van der Waals surface area contributed by atoms with Crippen LogP contribution in [-0.4, -0.2) is 115 Å². The largest absolute Gasteiger partial charge is 0.493 e. The first-order valence-electron chi connectivity index (χ1n) is 24.2. The lowest BCUT2D eigenvalue weighted by Gasteiger charge is -2.34. The average molecular weight is 1000 g/mol. The third kappa shape index (κ3) is 11.3. The highest BCUT2D eigenvalue weighted by molar-refractivity contribution is 8.77. The number of carbonyl (C=O) groups is 2. The Morgan fingerprint density at radius 1 is 0.718 bits per heavy atom. The molecule has 0 spiro atoms. The number of ether oxygens (including phenoxy) is 7. The van der Waals surface area contributed by atoms with E-state index in [4.69, 9.17) is 38.2 Å². The highest BCUT2D eigenvalue weighted by atomic mass is 33.1. The molecule has 5 aromatic carbocycles. The van der Waals surface area contributed by atoms with Crippen LogP contribution in [0, 0.1) is 0 Å². The van der Waals surface area contributed by atoms with Crippen LogP contribution in [0.5, 0.6) is 23.0 Å². The Bertz CT molecular complexity index is 2750. The Morgan fingerprint density at radius 2 is 1.34 bits per heavy atom. The van der Waals surface area contributed by atoms with Crippen molar-refractivity contribution >= 4 is 68.1 Å². The summed E-state index contributed by atoms with van der Waals surface area (Å²) < 4.78 is 41.9. The van der Waals surface area contributed by atoms with E-state index < -0.39 is 0 Å². The molecule has 4 aliphatic heterocycles. The van der Waals surface area contributed by atoms with Crippen molar-refractivity contribution in [3.63, 3.8) is 0 Å². The molecule has 0 fully saturated rings. The Balaban J connectivity index is 1.00. The Hall–Kier alpha value is -5.91. The minimum Gasteiger partial charge on any atom is -0.493 e. The standard InChI is InChI=1S/C55H63N5O9S2/c1-7-70-71-55(2,3)35-58(16-17-66-20-21-67-19-18-63-4)40-23-36(33-68-51-29-45-43(27-49(51)64-5)53(61)59-41(31-56-45)25-38-12-8-10-14-47(38)59)22-37(24-40)34-69-52-30-46-44(28-50(52)65-6)54(62)60-42(32-57-46)26-39-13-9-11-15-48(39)60/h8-15,22-24,27-31,41-42,57H,7,16-21,25-26,32-35H2,1-6H3/t41-,42-/m0/s1. The van der Waals surface area contributed by atoms with E-state index in [1.54, 1.807) is 39.5 Å². The summed E-state index contributed by atoms with van der Waals surface area (Å²) in [6.45, 7) is 11.5. The number of rotatable bonds is 23. The minimum absolute atomic E-state index is 0.00516. The van der Waals surface area contributed by atoms with E-state index in [0.717, 1.165) is 52.5 Å². The van der Waals surface area contributed by atoms with E-state index in [1.807, 2.05) is 80.1 Å². The van der Waals surface area contributed by atoms with Gasteiger partial charge in [-0.2, -0.15) is 0 Å². The number of methoxy groups -OCH3 is 3. The molecule has 0 bridgehead atoms. The third-order valence-electron chi connectivity index (χ3n) is 13.0. The molecule has 5 aromatic rings.